The summed E-state index contributed by atoms with van der Waals surface area (Å²) in [4.78, 5) is 20.0. The van der Waals surface area contributed by atoms with E-state index in [1.165, 1.54) is 16.7 Å². The van der Waals surface area contributed by atoms with Gasteiger partial charge in [-0.1, -0.05) is 56.3 Å². The molecule has 0 aliphatic carbocycles. The zero-order chi connectivity index (χ0) is 20.4. The number of piperazine rings is 1. The van der Waals surface area contributed by atoms with Crippen molar-refractivity contribution in [3.8, 4) is 0 Å². The minimum atomic E-state index is 0.229. The maximum atomic E-state index is 13.1. The maximum Gasteiger partial charge on any atom is 0.241 e. The van der Waals surface area contributed by atoms with Crippen molar-refractivity contribution in [3.05, 3.63) is 65.2 Å². The van der Waals surface area contributed by atoms with E-state index in [0.29, 0.717) is 12.5 Å². The maximum absolute atomic E-state index is 13.1. The van der Waals surface area contributed by atoms with Gasteiger partial charge in [0.2, 0.25) is 5.91 Å². The minimum absolute atomic E-state index is 0.229. The average Bonchev–Trinajstić information content (AvgIpc) is 3.00. The van der Waals surface area contributed by atoms with Crippen molar-refractivity contribution < 1.29 is 4.79 Å². The van der Waals surface area contributed by atoms with Crippen LogP contribution in [0.4, 0.5) is 5.69 Å². The SMILES string of the molecule is CCc1ccc(CN2CCN(CC(=O)N3c4ccccc4[C@@H](C)[C@H]3C)CC2)cc1. The fraction of sp³-hybridized carbons (Fsp3) is 0.480. The molecule has 1 fully saturated rings. The van der Waals surface area contributed by atoms with Gasteiger partial charge in [-0.05, 0) is 36.1 Å². The Morgan fingerprint density at radius 3 is 2.21 bits per heavy atom. The zero-order valence-electron chi connectivity index (χ0n) is 18.0. The summed E-state index contributed by atoms with van der Waals surface area (Å²) in [5, 5.41) is 0. The normalized spacial score (nSPS) is 22.7. The molecule has 2 aliphatic heterocycles. The highest BCUT2D eigenvalue weighted by atomic mass is 16.2. The van der Waals surface area contributed by atoms with Crippen LogP contribution in [0.1, 0.15) is 43.4 Å². The Morgan fingerprint density at radius 1 is 0.897 bits per heavy atom. The molecular weight excluding hydrogens is 358 g/mol. The molecular formula is C25H33N3O. The molecule has 2 aliphatic rings. The molecule has 1 saturated heterocycles. The van der Waals surface area contributed by atoms with Crippen molar-refractivity contribution in [2.24, 2.45) is 0 Å². The second kappa shape index (κ2) is 8.68. The highest BCUT2D eigenvalue weighted by Gasteiger charge is 2.36. The molecule has 154 valence electrons. The van der Waals surface area contributed by atoms with E-state index in [4.69, 9.17) is 0 Å². The Balaban J connectivity index is 1.31. The largest absolute Gasteiger partial charge is 0.308 e. The molecule has 1 amide bonds. The molecule has 4 heteroatoms. The second-order valence-electron chi connectivity index (χ2n) is 8.57. The first-order chi connectivity index (χ1) is 14.1. The quantitative estimate of drug-likeness (QED) is 0.773. The van der Waals surface area contributed by atoms with Gasteiger partial charge in [0.15, 0.2) is 0 Å². The summed E-state index contributed by atoms with van der Waals surface area (Å²) in [6.07, 6.45) is 1.09. The van der Waals surface area contributed by atoms with Gasteiger partial charge in [0.05, 0.1) is 6.54 Å². The lowest BCUT2D eigenvalue weighted by molar-refractivity contribution is -0.120. The summed E-state index contributed by atoms with van der Waals surface area (Å²) in [6, 6.07) is 17.6. The second-order valence-corrected chi connectivity index (χ2v) is 8.57. The van der Waals surface area contributed by atoms with E-state index in [9.17, 15) is 4.79 Å². The number of carbonyl (C=O) groups is 1. The first kappa shape index (κ1) is 20.1. The van der Waals surface area contributed by atoms with Crippen molar-refractivity contribution in [1.29, 1.82) is 0 Å². The molecule has 0 aromatic heterocycles. The van der Waals surface area contributed by atoms with E-state index < -0.39 is 0 Å². The van der Waals surface area contributed by atoms with E-state index in [0.717, 1.165) is 44.8 Å². The lowest BCUT2D eigenvalue weighted by Crippen LogP contribution is -2.50. The molecule has 2 atom stereocenters. The first-order valence-corrected chi connectivity index (χ1v) is 11.0. The molecule has 0 bridgehead atoms. The highest BCUT2D eigenvalue weighted by molar-refractivity contribution is 5.97. The van der Waals surface area contributed by atoms with Crippen molar-refractivity contribution in [2.45, 2.75) is 45.7 Å². The number of nitrogens with zero attached hydrogens (tertiary/aromatic N) is 3. The van der Waals surface area contributed by atoms with E-state index >= 15 is 0 Å². The molecule has 4 rings (SSSR count). The number of hydrogen-bond donors (Lipinski definition) is 0. The van der Waals surface area contributed by atoms with Crippen LogP contribution in [0.3, 0.4) is 0 Å². The van der Waals surface area contributed by atoms with Gasteiger partial charge >= 0.3 is 0 Å². The van der Waals surface area contributed by atoms with E-state index in [1.54, 1.807) is 0 Å². The first-order valence-electron chi connectivity index (χ1n) is 11.0. The van der Waals surface area contributed by atoms with Gasteiger partial charge in [-0.25, -0.2) is 0 Å². The number of carbonyl (C=O) groups excluding carboxylic acids is 1. The van der Waals surface area contributed by atoms with Crippen LogP contribution < -0.4 is 4.90 Å². The summed E-state index contributed by atoms with van der Waals surface area (Å²) in [6.45, 7) is 12.1. The molecule has 4 nitrogen and oxygen atoms in total. The van der Waals surface area contributed by atoms with Crippen LogP contribution in [0.25, 0.3) is 0 Å². The van der Waals surface area contributed by atoms with Crippen LogP contribution in [0.15, 0.2) is 48.5 Å². The van der Waals surface area contributed by atoms with Crippen LogP contribution in [-0.2, 0) is 17.8 Å². The third kappa shape index (κ3) is 4.24. The van der Waals surface area contributed by atoms with Crippen molar-refractivity contribution in [2.75, 3.05) is 37.6 Å². The van der Waals surface area contributed by atoms with Gasteiger partial charge in [-0.3, -0.25) is 14.6 Å². The molecule has 2 aromatic carbocycles. The third-order valence-electron chi connectivity index (χ3n) is 6.75. The van der Waals surface area contributed by atoms with Gasteiger partial charge in [-0.15, -0.1) is 0 Å². The number of para-hydroxylation sites is 1. The Kier molecular flexibility index (Phi) is 6.02. The van der Waals surface area contributed by atoms with Crippen LogP contribution >= 0.6 is 0 Å². The number of fused-ring (bicyclic) bond motifs is 1. The lowest BCUT2D eigenvalue weighted by Gasteiger charge is -2.35. The minimum Gasteiger partial charge on any atom is -0.308 e. The molecule has 0 N–H and O–H groups in total. The third-order valence-corrected chi connectivity index (χ3v) is 6.75. The molecule has 0 saturated carbocycles. The number of amides is 1. The van der Waals surface area contributed by atoms with Gasteiger partial charge in [0, 0.05) is 50.4 Å². The Hall–Kier alpha value is -2.17. The van der Waals surface area contributed by atoms with E-state index in [-0.39, 0.29) is 11.9 Å². The number of anilines is 1. The number of aryl methyl sites for hydroxylation is 1. The Labute approximate surface area is 175 Å². The molecule has 0 unspecified atom stereocenters. The summed E-state index contributed by atoms with van der Waals surface area (Å²) >= 11 is 0. The molecule has 0 radical (unpaired) electrons. The zero-order valence-corrected chi connectivity index (χ0v) is 18.0. The summed E-state index contributed by atoms with van der Waals surface area (Å²) in [5.74, 6) is 0.629. The number of benzene rings is 2. The highest BCUT2D eigenvalue weighted by Crippen LogP contribution is 2.40. The summed E-state index contributed by atoms with van der Waals surface area (Å²) in [5.41, 5.74) is 5.17. The molecule has 29 heavy (non-hydrogen) atoms. The molecule has 2 heterocycles. The summed E-state index contributed by atoms with van der Waals surface area (Å²) < 4.78 is 0. The van der Waals surface area contributed by atoms with Gasteiger partial charge < -0.3 is 4.90 Å². The average molecular weight is 392 g/mol. The van der Waals surface area contributed by atoms with E-state index in [2.05, 4.69) is 73.0 Å². The van der Waals surface area contributed by atoms with Crippen LogP contribution in [0.2, 0.25) is 0 Å². The Bertz CT molecular complexity index is 839. The van der Waals surface area contributed by atoms with Gasteiger partial charge in [0.25, 0.3) is 0 Å². The number of rotatable bonds is 5. The fourth-order valence-electron chi connectivity index (χ4n) is 4.67. The van der Waals surface area contributed by atoms with E-state index in [1.807, 2.05) is 11.0 Å². The fourth-order valence-corrected chi connectivity index (χ4v) is 4.67. The topological polar surface area (TPSA) is 26.8 Å². The van der Waals surface area contributed by atoms with Gasteiger partial charge in [-0.2, -0.15) is 0 Å². The van der Waals surface area contributed by atoms with Crippen LogP contribution in [0.5, 0.6) is 0 Å². The van der Waals surface area contributed by atoms with Crippen LogP contribution in [-0.4, -0.2) is 54.5 Å². The molecule has 0 spiro atoms. The standard InChI is InChI=1S/C25H33N3O/c1-4-21-9-11-22(12-10-21)17-26-13-15-27(16-14-26)18-25(29)28-20(3)19(2)23-7-5-6-8-24(23)28/h5-12,19-20H,4,13-18H2,1-3H3/t19-,20+/m0/s1. The van der Waals surface area contributed by atoms with Crippen molar-refractivity contribution in [3.63, 3.8) is 0 Å². The van der Waals surface area contributed by atoms with Crippen molar-refractivity contribution in [1.82, 2.24) is 9.80 Å². The van der Waals surface area contributed by atoms with Crippen molar-refractivity contribution >= 4 is 11.6 Å². The molecule has 2 aromatic rings. The number of hydrogen-bond acceptors (Lipinski definition) is 3. The summed E-state index contributed by atoms with van der Waals surface area (Å²) in [7, 11) is 0. The predicted octanol–water partition coefficient (Wildman–Crippen LogP) is 3.91. The monoisotopic (exact) mass is 391 g/mol. The predicted molar refractivity (Wildman–Crippen MR) is 119 cm³/mol. The lowest BCUT2D eigenvalue weighted by atomic mass is 9.98. The van der Waals surface area contributed by atoms with Crippen LogP contribution in [0, 0.1) is 0 Å². The Morgan fingerprint density at radius 2 is 1.52 bits per heavy atom. The van der Waals surface area contributed by atoms with Gasteiger partial charge in [0.1, 0.15) is 0 Å². The smallest absolute Gasteiger partial charge is 0.241 e.